The van der Waals surface area contributed by atoms with Crippen LogP contribution in [-0.2, 0) is 9.47 Å². The van der Waals surface area contributed by atoms with E-state index in [0.717, 1.165) is 0 Å². The molecule has 1 saturated heterocycles. The van der Waals surface area contributed by atoms with Crippen molar-refractivity contribution in [3.8, 4) is 0 Å². The zero-order chi connectivity index (χ0) is 9.14. The Balaban J connectivity index is 2.52. The molecule has 12 heavy (non-hydrogen) atoms. The molecule has 2 N–H and O–H groups in total. The molecule has 0 spiro atoms. The summed E-state index contributed by atoms with van der Waals surface area (Å²) in [6.45, 7) is 0. The number of alkyl halides is 1. The van der Waals surface area contributed by atoms with Crippen molar-refractivity contribution in [3.05, 3.63) is 0 Å². The second-order valence-electron chi connectivity index (χ2n) is 2.81. The standard InChI is InChI=1S/C7H13ClO4/c1-11-7-6(10)5(9)2-4(3-8)12-7/h4-7,9-10H,2-3H2,1H3/t4?,5-,6?,7-/m0/s1. The Morgan fingerprint density at radius 3 is 2.75 bits per heavy atom. The SMILES string of the molecule is CO[C@H]1OC(CCl)C[C@H](O)C1O. The fourth-order valence-electron chi connectivity index (χ4n) is 1.21. The summed E-state index contributed by atoms with van der Waals surface area (Å²) in [5.74, 6) is 0.295. The minimum Gasteiger partial charge on any atom is -0.390 e. The van der Waals surface area contributed by atoms with E-state index in [1.807, 2.05) is 0 Å². The average Bonchev–Trinajstić information content (AvgIpc) is 2.09. The van der Waals surface area contributed by atoms with E-state index < -0.39 is 18.5 Å². The summed E-state index contributed by atoms with van der Waals surface area (Å²) >= 11 is 5.54. The molecule has 0 aliphatic carbocycles. The molecule has 4 atom stereocenters. The summed E-state index contributed by atoms with van der Waals surface area (Å²) in [7, 11) is 1.41. The number of hydrogen-bond donors (Lipinski definition) is 2. The summed E-state index contributed by atoms with van der Waals surface area (Å²) in [5.41, 5.74) is 0. The van der Waals surface area contributed by atoms with E-state index in [-0.39, 0.29) is 6.10 Å². The van der Waals surface area contributed by atoms with Gasteiger partial charge in [-0.05, 0) is 0 Å². The van der Waals surface area contributed by atoms with Crippen LogP contribution in [0.5, 0.6) is 0 Å². The van der Waals surface area contributed by atoms with Crippen molar-refractivity contribution in [2.75, 3.05) is 13.0 Å². The number of methoxy groups -OCH3 is 1. The summed E-state index contributed by atoms with van der Waals surface area (Å²) < 4.78 is 10.0. The highest BCUT2D eigenvalue weighted by Crippen LogP contribution is 2.21. The van der Waals surface area contributed by atoms with Gasteiger partial charge in [-0.2, -0.15) is 0 Å². The van der Waals surface area contributed by atoms with Crippen molar-refractivity contribution in [1.29, 1.82) is 0 Å². The van der Waals surface area contributed by atoms with Crippen LogP contribution in [0.15, 0.2) is 0 Å². The Morgan fingerprint density at radius 1 is 1.58 bits per heavy atom. The molecule has 0 radical (unpaired) electrons. The van der Waals surface area contributed by atoms with E-state index in [9.17, 15) is 10.2 Å². The van der Waals surface area contributed by atoms with E-state index in [1.54, 1.807) is 0 Å². The van der Waals surface area contributed by atoms with Gasteiger partial charge < -0.3 is 19.7 Å². The first-order valence-electron chi connectivity index (χ1n) is 3.79. The smallest absolute Gasteiger partial charge is 0.185 e. The van der Waals surface area contributed by atoms with Crippen LogP contribution in [0.2, 0.25) is 0 Å². The Hall–Kier alpha value is 0.130. The zero-order valence-corrected chi connectivity index (χ0v) is 7.57. The van der Waals surface area contributed by atoms with Crippen molar-refractivity contribution in [3.63, 3.8) is 0 Å². The molecule has 0 aromatic heterocycles. The van der Waals surface area contributed by atoms with Crippen LogP contribution in [0.3, 0.4) is 0 Å². The summed E-state index contributed by atoms with van der Waals surface area (Å²) in [5, 5.41) is 18.6. The van der Waals surface area contributed by atoms with Gasteiger partial charge in [-0.1, -0.05) is 0 Å². The molecule has 1 aliphatic heterocycles. The van der Waals surface area contributed by atoms with Crippen LogP contribution in [-0.4, -0.2) is 47.8 Å². The number of ether oxygens (including phenoxy) is 2. The van der Waals surface area contributed by atoms with Gasteiger partial charge in [0.05, 0.1) is 12.2 Å². The Kier molecular flexibility index (Phi) is 3.74. The van der Waals surface area contributed by atoms with Crippen LogP contribution in [0.25, 0.3) is 0 Å². The Bertz CT molecular complexity index is 143. The van der Waals surface area contributed by atoms with Gasteiger partial charge >= 0.3 is 0 Å². The van der Waals surface area contributed by atoms with Gasteiger partial charge in [0.2, 0.25) is 0 Å². The van der Waals surface area contributed by atoms with Crippen LogP contribution in [0.1, 0.15) is 6.42 Å². The lowest BCUT2D eigenvalue weighted by atomic mass is 10.0. The summed E-state index contributed by atoms with van der Waals surface area (Å²) in [6, 6.07) is 0. The highest BCUT2D eigenvalue weighted by atomic mass is 35.5. The lowest BCUT2D eigenvalue weighted by Gasteiger charge is -2.35. The zero-order valence-electron chi connectivity index (χ0n) is 6.81. The van der Waals surface area contributed by atoms with Crippen LogP contribution in [0, 0.1) is 0 Å². The fourth-order valence-corrected chi connectivity index (χ4v) is 1.41. The average molecular weight is 197 g/mol. The first kappa shape index (κ1) is 10.2. The monoisotopic (exact) mass is 196 g/mol. The van der Waals surface area contributed by atoms with Crippen LogP contribution in [0.4, 0.5) is 0 Å². The van der Waals surface area contributed by atoms with Gasteiger partial charge in [0.15, 0.2) is 6.29 Å². The van der Waals surface area contributed by atoms with Crippen molar-refractivity contribution in [2.45, 2.75) is 31.0 Å². The maximum atomic E-state index is 9.31. The van der Waals surface area contributed by atoms with Gasteiger partial charge in [0.25, 0.3) is 0 Å². The van der Waals surface area contributed by atoms with Crippen molar-refractivity contribution in [2.24, 2.45) is 0 Å². The molecule has 0 bridgehead atoms. The third kappa shape index (κ3) is 2.08. The molecule has 72 valence electrons. The summed E-state index contributed by atoms with van der Waals surface area (Å²) in [4.78, 5) is 0. The maximum Gasteiger partial charge on any atom is 0.185 e. The molecule has 0 aromatic carbocycles. The quantitative estimate of drug-likeness (QED) is 0.596. The normalized spacial score (nSPS) is 43.0. The molecular weight excluding hydrogens is 184 g/mol. The predicted octanol–water partition coefficient (Wildman–Crippen LogP) is -0.292. The largest absolute Gasteiger partial charge is 0.390 e. The molecule has 1 rings (SSSR count). The number of rotatable bonds is 2. The third-order valence-corrected chi connectivity index (χ3v) is 2.25. The number of hydrogen-bond acceptors (Lipinski definition) is 4. The van der Waals surface area contributed by atoms with Crippen LogP contribution >= 0.6 is 11.6 Å². The van der Waals surface area contributed by atoms with Gasteiger partial charge in [-0.3, -0.25) is 0 Å². The van der Waals surface area contributed by atoms with E-state index in [1.165, 1.54) is 7.11 Å². The van der Waals surface area contributed by atoms with E-state index >= 15 is 0 Å². The molecule has 1 aliphatic rings. The van der Waals surface area contributed by atoms with Gasteiger partial charge in [0.1, 0.15) is 6.10 Å². The molecule has 0 aromatic rings. The molecule has 0 amide bonds. The Morgan fingerprint density at radius 2 is 2.25 bits per heavy atom. The van der Waals surface area contributed by atoms with Gasteiger partial charge in [0, 0.05) is 19.4 Å². The lowest BCUT2D eigenvalue weighted by molar-refractivity contribution is -0.253. The lowest BCUT2D eigenvalue weighted by Crippen LogP contribution is -2.49. The highest BCUT2D eigenvalue weighted by molar-refractivity contribution is 6.18. The topological polar surface area (TPSA) is 58.9 Å². The second kappa shape index (κ2) is 4.39. The fraction of sp³-hybridized carbons (Fsp3) is 1.00. The minimum absolute atomic E-state index is 0.241. The second-order valence-corrected chi connectivity index (χ2v) is 3.12. The Labute approximate surface area is 76.0 Å². The predicted molar refractivity (Wildman–Crippen MR) is 43.0 cm³/mol. The molecule has 4 nitrogen and oxygen atoms in total. The number of halogens is 1. The molecule has 0 saturated carbocycles. The number of aliphatic hydroxyl groups is 2. The van der Waals surface area contributed by atoms with Crippen molar-refractivity contribution in [1.82, 2.24) is 0 Å². The van der Waals surface area contributed by atoms with Gasteiger partial charge in [-0.25, -0.2) is 0 Å². The molecular formula is C7H13ClO4. The van der Waals surface area contributed by atoms with E-state index in [0.29, 0.717) is 12.3 Å². The summed E-state index contributed by atoms with van der Waals surface area (Å²) in [6.07, 6.45) is -2.45. The maximum absolute atomic E-state index is 9.31. The van der Waals surface area contributed by atoms with Crippen molar-refractivity contribution >= 4 is 11.6 Å². The third-order valence-electron chi connectivity index (χ3n) is 1.91. The van der Waals surface area contributed by atoms with Crippen molar-refractivity contribution < 1.29 is 19.7 Å². The molecule has 1 heterocycles. The van der Waals surface area contributed by atoms with E-state index in [4.69, 9.17) is 21.1 Å². The van der Waals surface area contributed by atoms with Gasteiger partial charge in [-0.15, -0.1) is 11.6 Å². The molecule has 2 unspecified atom stereocenters. The molecule has 1 fully saturated rings. The number of aliphatic hydroxyl groups excluding tert-OH is 2. The minimum atomic E-state index is -0.977. The van der Waals surface area contributed by atoms with Crippen LogP contribution < -0.4 is 0 Å². The first-order chi connectivity index (χ1) is 5.69. The first-order valence-corrected chi connectivity index (χ1v) is 4.32. The van der Waals surface area contributed by atoms with E-state index in [2.05, 4.69) is 0 Å². The highest BCUT2D eigenvalue weighted by Gasteiger charge is 2.36. The molecule has 5 heteroatoms.